The molecule has 2 aromatic carbocycles. The van der Waals surface area contributed by atoms with Gasteiger partial charge in [-0.1, -0.05) is 35.6 Å². The van der Waals surface area contributed by atoms with Gasteiger partial charge in [0.1, 0.15) is 5.75 Å². The van der Waals surface area contributed by atoms with Gasteiger partial charge in [-0.05, 0) is 36.2 Å². The molecule has 2 N–H and O–H groups in total. The van der Waals surface area contributed by atoms with Crippen molar-refractivity contribution in [2.75, 3.05) is 0 Å². The van der Waals surface area contributed by atoms with Crippen molar-refractivity contribution in [3.63, 3.8) is 0 Å². The van der Waals surface area contributed by atoms with Crippen molar-refractivity contribution in [1.82, 2.24) is 4.98 Å². The first-order valence-electron chi connectivity index (χ1n) is 6.09. The molecule has 0 unspecified atom stereocenters. The number of thiazole rings is 1. The SMILES string of the molecule is Cc1ccc(CN)cc1Oc1nc2ccccc2s1. The van der Waals surface area contributed by atoms with E-state index in [1.807, 2.05) is 49.4 Å². The Morgan fingerprint density at radius 1 is 1.21 bits per heavy atom. The quantitative estimate of drug-likeness (QED) is 0.786. The van der Waals surface area contributed by atoms with Crippen LogP contribution in [-0.2, 0) is 6.54 Å². The highest BCUT2D eigenvalue weighted by Crippen LogP contribution is 2.32. The molecule has 0 atom stereocenters. The normalized spacial score (nSPS) is 10.8. The van der Waals surface area contributed by atoms with E-state index in [-0.39, 0.29) is 0 Å². The monoisotopic (exact) mass is 270 g/mol. The maximum Gasteiger partial charge on any atom is 0.279 e. The van der Waals surface area contributed by atoms with Crippen LogP contribution in [0.1, 0.15) is 11.1 Å². The Morgan fingerprint density at radius 3 is 2.84 bits per heavy atom. The minimum absolute atomic E-state index is 0.510. The van der Waals surface area contributed by atoms with Crippen LogP contribution in [0.15, 0.2) is 42.5 Å². The summed E-state index contributed by atoms with van der Waals surface area (Å²) in [6.45, 7) is 2.53. The van der Waals surface area contributed by atoms with Gasteiger partial charge in [0.15, 0.2) is 0 Å². The maximum atomic E-state index is 5.89. The lowest BCUT2D eigenvalue weighted by Crippen LogP contribution is -1.97. The summed E-state index contributed by atoms with van der Waals surface area (Å²) in [5, 5.41) is 0.665. The van der Waals surface area contributed by atoms with Crippen molar-refractivity contribution in [2.45, 2.75) is 13.5 Å². The van der Waals surface area contributed by atoms with Crippen LogP contribution in [0.3, 0.4) is 0 Å². The molecule has 3 nitrogen and oxygen atoms in total. The number of fused-ring (bicyclic) bond motifs is 1. The second kappa shape index (κ2) is 4.99. The number of hydrogen-bond acceptors (Lipinski definition) is 4. The van der Waals surface area contributed by atoms with Gasteiger partial charge in [-0.15, -0.1) is 0 Å². The molecule has 0 saturated heterocycles. The topological polar surface area (TPSA) is 48.1 Å². The van der Waals surface area contributed by atoms with E-state index in [9.17, 15) is 0 Å². The third-order valence-corrected chi connectivity index (χ3v) is 3.87. The zero-order valence-corrected chi connectivity index (χ0v) is 11.4. The van der Waals surface area contributed by atoms with Gasteiger partial charge in [0, 0.05) is 6.54 Å². The lowest BCUT2D eigenvalue weighted by atomic mass is 10.1. The minimum Gasteiger partial charge on any atom is -0.431 e. The van der Waals surface area contributed by atoms with Crippen molar-refractivity contribution in [3.8, 4) is 10.9 Å². The first-order chi connectivity index (χ1) is 9.26. The van der Waals surface area contributed by atoms with Crippen molar-refractivity contribution in [1.29, 1.82) is 0 Å². The van der Waals surface area contributed by atoms with Gasteiger partial charge < -0.3 is 10.5 Å². The predicted octanol–water partition coefficient (Wildman–Crippen LogP) is 3.86. The van der Waals surface area contributed by atoms with Crippen molar-refractivity contribution in [3.05, 3.63) is 53.6 Å². The highest BCUT2D eigenvalue weighted by atomic mass is 32.1. The number of para-hydroxylation sites is 1. The molecule has 0 aliphatic heterocycles. The Labute approximate surface area is 115 Å². The van der Waals surface area contributed by atoms with Crippen LogP contribution in [0.2, 0.25) is 0 Å². The van der Waals surface area contributed by atoms with E-state index in [1.54, 1.807) is 11.3 Å². The largest absolute Gasteiger partial charge is 0.431 e. The number of nitrogens with two attached hydrogens (primary N) is 1. The molecule has 0 aliphatic rings. The Hall–Kier alpha value is -1.91. The molecule has 96 valence electrons. The molecule has 3 aromatic rings. The van der Waals surface area contributed by atoms with Gasteiger partial charge in [0.2, 0.25) is 0 Å². The molecule has 0 bridgehead atoms. The molecule has 1 aromatic heterocycles. The van der Waals surface area contributed by atoms with Gasteiger partial charge in [-0.2, -0.15) is 0 Å². The number of nitrogens with zero attached hydrogens (tertiary/aromatic N) is 1. The number of hydrogen-bond donors (Lipinski definition) is 1. The van der Waals surface area contributed by atoms with Gasteiger partial charge >= 0.3 is 0 Å². The van der Waals surface area contributed by atoms with E-state index in [4.69, 9.17) is 10.5 Å². The lowest BCUT2D eigenvalue weighted by Gasteiger charge is -2.07. The van der Waals surface area contributed by atoms with Crippen LogP contribution in [-0.4, -0.2) is 4.98 Å². The average Bonchev–Trinajstić information content (AvgIpc) is 2.83. The van der Waals surface area contributed by atoms with Crippen LogP contribution >= 0.6 is 11.3 Å². The van der Waals surface area contributed by atoms with Crippen molar-refractivity contribution >= 4 is 21.6 Å². The summed E-state index contributed by atoms with van der Waals surface area (Å²) in [5.74, 6) is 0.821. The molecule has 4 heteroatoms. The van der Waals surface area contributed by atoms with Crippen LogP contribution in [0.4, 0.5) is 0 Å². The van der Waals surface area contributed by atoms with Gasteiger partial charge in [0.25, 0.3) is 5.19 Å². The van der Waals surface area contributed by atoms with Crippen LogP contribution in [0.25, 0.3) is 10.2 Å². The average molecular weight is 270 g/mol. The molecule has 0 aliphatic carbocycles. The highest BCUT2D eigenvalue weighted by Gasteiger charge is 2.07. The Kier molecular flexibility index (Phi) is 3.19. The fourth-order valence-corrected chi connectivity index (χ4v) is 2.70. The minimum atomic E-state index is 0.510. The standard InChI is InChI=1S/C15H14N2OS/c1-10-6-7-11(9-16)8-13(10)18-15-17-12-4-2-3-5-14(12)19-15/h2-8H,9,16H2,1H3. The zero-order chi connectivity index (χ0) is 13.2. The van der Waals surface area contributed by atoms with E-state index in [2.05, 4.69) is 4.98 Å². The molecule has 0 radical (unpaired) electrons. The highest BCUT2D eigenvalue weighted by molar-refractivity contribution is 7.20. The first kappa shape index (κ1) is 12.1. The van der Waals surface area contributed by atoms with Crippen molar-refractivity contribution < 1.29 is 4.74 Å². The molecule has 0 spiro atoms. The fourth-order valence-electron chi connectivity index (χ4n) is 1.87. The molecule has 19 heavy (non-hydrogen) atoms. The van der Waals surface area contributed by atoms with Gasteiger partial charge in [-0.25, -0.2) is 4.98 Å². The second-order valence-corrected chi connectivity index (χ2v) is 5.35. The molecule has 3 rings (SSSR count). The summed E-state index contributed by atoms with van der Waals surface area (Å²) in [5.41, 5.74) is 8.76. The molecule has 1 heterocycles. The lowest BCUT2D eigenvalue weighted by molar-refractivity contribution is 0.476. The Morgan fingerprint density at radius 2 is 2.05 bits per heavy atom. The summed E-state index contributed by atoms with van der Waals surface area (Å²) in [4.78, 5) is 4.47. The number of rotatable bonds is 3. The number of ether oxygens (including phenoxy) is 1. The first-order valence-corrected chi connectivity index (χ1v) is 6.91. The molecule has 0 saturated carbocycles. The van der Waals surface area contributed by atoms with E-state index in [1.165, 1.54) is 0 Å². The van der Waals surface area contributed by atoms with E-state index < -0.39 is 0 Å². The van der Waals surface area contributed by atoms with Crippen LogP contribution in [0.5, 0.6) is 10.9 Å². The maximum absolute atomic E-state index is 5.89. The molecular weight excluding hydrogens is 256 g/mol. The Balaban J connectivity index is 1.96. The zero-order valence-electron chi connectivity index (χ0n) is 10.6. The molecule has 0 amide bonds. The third-order valence-electron chi connectivity index (χ3n) is 2.96. The third kappa shape index (κ3) is 2.45. The number of aromatic nitrogens is 1. The van der Waals surface area contributed by atoms with E-state index >= 15 is 0 Å². The van der Waals surface area contributed by atoms with Gasteiger partial charge in [0.05, 0.1) is 10.2 Å². The second-order valence-electron chi connectivity index (χ2n) is 4.35. The summed E-state index contributed by atoms with van der Waals surface area (Å²) in [6, 6.07) is 14.0. The number of benzene rings is 2. The summed E-state index contributed by atoms with van der Waals surface area (Å²) < 4.78 is 7.02. The molecular formula is C15H14N2OS. The fraction of sp³-hybridized carbons (Fsp3) is 0.133. The summed E-state index contributed by atoms with van der Waals surface area (Å²) in [7, 11) is 0. The van der Waals surface area contributed by atoms with Crippen LogP contribution in [0, 0.1) is 6.92 Å². The number of aryl methyl sites for hydroxylation is 1. The van der Waals surface area contributed by atoms with Crippen LogP contribution < -0.4 is 10.5 Å². The molecule has 0 fully saturated rings. The van der Waals surface area contributed by atoms with Crippen molar-refractivity contribution in [2.24, 2.45) is 5.73 Å². The van der Waals surface area contributed by atoms with E-state index in [0.29, 0.717) is 11.7 Å². The van der Waals surface area contributed by atoms with Gasteiger partial charge in [-0.3, -0.25) is 0 Å². The summed E-state index contributed by atoms with van der Waals surface area (Å²) in [6.07, 6.45) is 0. The summed E-state index contributed by atoms with van der Waals surface area (Å²) >= 11 is 1.55. The Bertz CT molecular complexity index is 688. The smallest absolute Gasteiger partial charge is 0.279 e. The predicted molar refractivity (Wildman–Crippen MR) is 78.8 cm³/mol. The van der Waals surface area contributed by atoms with E-state index in [0.717, 1.165) is 27.1 Å².